The molecule has 0 saturated carbocycles. The van der Waals surface area contributed by atoms with Crippen LogP contribution in [0.1, 0.15) is 21.5 Å². The van der Waals surface area contributed by atoms with Crippen LogP contribution in [0.2, 0.25) is 0 Å². The molecule has 0 saturated heterocycles. The molecule has 4 rings (SSSR count). The smallest absolute Gasteiger partial charge is 0.417 e. The molecule has 0 spiro atoms. The van der Waals surface area contributed by atoms with E-state index in [1.165, 1.54) is 0 Å². The van der Waals surface area contributed by atoms with Crippen LogP contribution in [0, 0.1) is 0 Å². The summed E-state index contributed by atoms with van der Waals surface area (Å²) in [4.78, 5) is 26.2. The number of fused-ring (bicyclic) bond motifs is 2. The topological polar surface area (TPSA) is 72.3 Å². The second-order valence-electron chi connectivity index (χ2n) is 4.98. The van der Waals surface area contributed by atoms with Gasteiger partial charge in [0, 0.05) is 17.5 Å². The summed E-state index contributed by atoms with van der Waals surface area (Å²) in [5.41, 5.74) is 3.12. The molecule has 5 heteroatoms. The Morgan fingerprint density at radius 3 is 2.81 bits per heavy atom. The molecule has 1 N–H and O–H groups in total. The van der Waals surface area contributed by atoms with E-state index in [0.717, 1.165) is 17.7 Å². The van der Waals surface area contributed by atoms with Crippen LogP contribution in [0.25, 0.3) is 11.1 Å². The number of carbonyl (C=O) groups excluding carboxylic acids is 1. The SMILES string of the molecule is O=C(c1ccc2c(c1)CCO2)c1ccc2[nH]c(=O)oc2c1. The van der Waals surface area contributed by atoms with E-state index in [-0.39, 0.29) is 5.78 Å². The van der Waals surface area contributed by atoms with Crippen molar-refractivity contribution >= 4 is 16.9 Å². The molecule has 0 radical (unpaired) electrons. The molecule has 0 bridgehead atoms. The van der Waals surface area contributed by atoms with Crippen molar-refractivity contribution in [2.75, 3.05) is 6.61 Å². The molecular formula is C16H11NO4. The lowest BCUT2D eigenvalue weighted by atomic mass is 10.0. The fourth-order valence-corrected chi connectivity index (χ4v) is 2.58. The van der Waals surface area contributed by atoms with Gasteiger partial charge in [0.25, 0.3) is 0 Å². The number of benzene rings is 2. The molecule has 0 unspecified atom stereocenters. The summed E-state index contributed by atoms with van der Waals surface area (Å²) < 4.78 is 10.4. The molecule has 0 amide bonds. The number of ketones is 1. The Balaban J connectivity index is 1.77. The third-order valence-electron chi connectivity index (χ3n) is 3.63. The predicted octanol–water partition coefficient (Wildman–Crippen LogP) is 2.29. The number of hydrogen-bond acceptors (Lipinski definition) is 4. The number of aromatic nitrogens is 1. The van der Waals surface area contributed by atoms with Crippen molar-refractivity contribution in [3.63, 3.8) is 0 Å². The number of ether oxygens (including phenoxy) is 1. The zero-order valence-electron chi connectivity index (χ0n) is 11.0. The minimum Gasteiger partial charge on any atom is -0.493 e. The number of rotatable bonds is 2. The molecule has 3 aromatic rings. The van der Waals surface area contributed by atoms with Crippen LogP contribution >= 0.6 is 0 Å². The van der Waals surface area contributed by atoms with Gasteiger partial charge in [0.2, 0.25) is 0 Å². The van der Waals surface area contributed by atoms with Crippen molar-refractivity contribution < 1.29 is 13.9 Å². The van der Waals surface area contributed by atoms with Crippen molar-refractivity contribution in [3.05, 3.63) is 63.6 Å². The maximum Gasteiger partial charge on any atom is 0.417 e. The van der Waals surface area contributed by atoms with Gasteiger partial charge in [-0.3, -0.25) is 9.78 Å². The molecule has 5 nitrogen and oxygen atoms in total. The average Bonchev–Trinajstić information content (AvgIpc) is 3.09. The average molecular weight is 281 g/mol. The summed E-state index contributed by atoms with van der Waals surface area (Å²) in [5, 5.41) is 0. The standard InChI is InChI=1S/C16H11NO4/c18-15(10-2-4-13-9(7-10)5-6-20-13)11-1-3-12-14(8-11)21-16(19)17-12/h1-4,7-8H,5-6H2,(H,17,19). The zero-order chi connectivity index (χ0) is 14.4. The fourth-order valence-electron chi connectivity index (χ4n) is 2.58. The summed E-state index contributed by atoms with van der Waals surface area (Å²) >= 11 is 0. The minimum atomic E-state index is -0.524. The third-order valence-corrected chi connectivity index (χ3v) is 3.63. The molecule has 1 aliphatic rings. The third kappa shape index (κ3) is 1.94. The lowest BCUT2D eigenvalue weighted by Crippen LogP contribution is -2.01. The molecule has 0 fully saturated rings. The van der Waals surface area contributed by atoms with E-state index in [0.29, 0.717) is 28.8 Å². The van der Waals surface area contributed by atoms with Gasteiger partial charge in [-0.15, -0.1) is 0 Å². The van der Waals surface area contributed by atoms with Crippen LogP contribution in [0.4, 0.5) is 0 Å². The molecule has 2 aromatic carbocycles. The summed E-state index contributed by atoms with van der Waals surface area (Å²) in [6.45, 7) is 0.660. The first-order chi connectivity index (χ1) is 10.2. The summed E-state index contributed by atoms with van der Waals surface area (Å²) in [6, 6.07) is 10.4. The predicted molar refractivity (Wildman–Crippen MR) is 75.9 cm³/mol. The van der Waals surface area contributed by atoms with Gasteiger partial charge in [0.05, 0.1) is 12.1 Å². The Morgan fingerprint density at radius 1 is 1.10 bits per heavy atom. The highest BCUT2D eigenvalue weighted by Crippen LogP contribution is 2.27. The van der Waals surface area contributed by atoms with Crippen LogP contribution in [-0.2, 0) is 6.42 Å². The van der Waals surface area contributed by atoms with Gasteiger partial charge in [-0.2, -0.15) is 0 Å². The van der Waals surface area contributed by atoms with Crippen molar-refractivity contribution in [3.8, 4) is 5.75 Å². The van der Waals surface area contributed by atoms with E-state index in [1.54, 1.807) is 24.3 Å². The zero-order valence-corrected chi connectivity index (χ0v) is 11.0. The number of carbonyl (C=O) groups is 1. The van der Waals surface area contributed by atoms with Crippen LogP contribution in [0.15, 0.2) is 45.6 Å². The minimum absolute atomic E-state index is 0.101. The lowest BCUT2D eigenvalue weighted by Gasteiger charge is -2.04. The Bertz CT molecular complexity index is 919. The van der Waals surface area contributed by atoms with Gasteiger partial charge in [0.15, 0.2) is 11.4 Å². The molecular weight excluding hydrogens is 270 g/mol. The van der Waals surface area contributed by atoms with Gasteiger partial charge in [0.1, 0.15) is 5.75 Å². The van der Waals surface area contributed by atoms with Crippen LogP contribution in [0.3, 0.4) is 0 Å². The Labute approximate surface area is 119 Å². The molecule has 21 heavy (non-hydrogen) atoms. The summed E-state index contributed by atoms with van der Waals surface area (Å²) in [5.74, 6) is 0.221. The monoisotopic (exact) mass is 281 g/mol. The first-order valence-electron chi connectivity index (χ1n) is 6.64. The Kier molecular flexibility index (Phi) is 2.47. The highest BCUT2D eigenvalue weighted by atomic mass is 16.5. The van der Waals surface area contributed by atoms with Crippen molar-refractivity contribution in [1.82, 2.24) is 4.98 Å². The van der Waals surface area contributed by atoms with E-state index in [9.17, 15) is 9.59 Å². The Morgan fingerprint density at radius 2 is 1.90 bits per heavy atom. The largest absolute Gasteiger partial charge is 0.493 e. The highest BCUT2D eigenvalue weighted by Gasteiger charge is 2.16. The maximum absolute atomic E-state index is 12.5. The molecule has 2 heterocycles. The first-order valence-corrected chi connectivity index (χ1v) is 6.64. The van der Waals surface area contributed by atoms with Crippen LogP contribution in [0.5, 0.6) is 5.75 Å². The van der Waals surface area contributed by atoms with Crippen LogP contribution < -0.4 is 10.5 Å². The van der Waals surface area contributed by atoms with E-state index < -0.39 is 5.76 Å². The number of aromatic amines is 1. The van der Waals surface area contributed by atoms with Gasteiger partial charge in [-0.05, 0) is 42.0 Å². The highest BCUT2D eigenvalue weighted by molar-refractivity contribution is 6.10. The maximum atomic E-state index is 12.5. The van der Waals surface area contributed by atoms with Crippen molar-refractivity contribution in [2.24, 2.45) is 0 Å². The molecule has 0 atom stereocenters. The van der Waals surface area contributed by atoms with E-state index in [2.05, 4.69) is 4.98 Å². The van der Waals surface area contributed by atoms with Gasteiger partial charge >= 0.3 is 5.76 Å². The van der Waals surface area contributed by atoms with Gasteiger partial charge < -0.3 is 9.15 Å². The van der Waals surface area contributed by atoms with Crippen LogP contribution in [-0.4, -0.2) is 17.4 Å². The molecule has 1 aromatic heterocycles. The summed E-state index contributed by atoms with van der Waals surface area (Å²) in [6.07, 6.45) is 0.822. The quantitative estimate of drug-likeness (QED) is 0.731. The van der Waals surface area contributed by atoms with E-state index in [1.807, 2.05) is 12.1 Å². The van der Waals surface area contributed by atoms with Crippen molar-refractivity contribution in [2.45, 2.75) is 6.42 Å². The van der Waals surface area contributed by atoms with E-state index >= 15 is 0 Å². The second kappa shape index (κ2) is 4.34. The number of hydrogen-bond donors (Lipinski definition) is 1. The van der Waals surface area contributed by atoms with Gasteiger partial charge in [-0.1, -0.05) is 0 Å². The Hall–Kier alpha value is -2.82. The fraction of sp³-hybridized carbons (Fsp3) is 0.125. The molecule has 1 aliphatic heterocycles. The molecule has 104 valence electrons. The summed E-state index contributed by atoms with van der Waals surface area (Å²) in [7, 11) is 0. The van der Waals surface area contributed by atoms with Gasteiger partial charge in [-0.25, -0.2) is 4.79 Å². The molecule has 0 aliphatic carbocycles. The number of oxazole rings is 1. The van der Waals surface area contributed by atoms with E-state index in [4.69, 9.17) is 9.15 Å². The number of H-pyrrole nitrogens is 1. The normalized spacial score (nSPS) is 13.1. The lowest BCUT2D eigenvalue weighted by molar-refractivity contribution is 0.103. The first kappa shape index (κ1) is 12.0. The number of nitrogens with one attached hydrogen (secondary N) is 1. The second-order valence-corrected chi connectivity index (χ2v) is 4.98. The van der Waals surface area contributed by atoms with Crippen molar-refractivity contribution in [1.29, 1.82) is 0 Å².